The number of carbonyl (C=O) groups is 4. The molecule has 1 unspecified atom stereocenters. The van der Waals surface area contributed by atoms with E-state index >= 15 is 0 Å². The highest BCUT2D eigenvalue weighted by atomic mass is 16.6. The molecule has 12 nitrogen and oxygen atoms in total. The van der Waals surface area contributed by atoms with Crippen LogP contribution >= 0.6 is 0 Å². The molecular formula is C30H39N7O5. The van der Waals surface area contributed by atoms with Gasteiger partial charge in [0.2, 0.25) is 11.8 Å². The fourth-order valence-corrected chi connectivity index (χ4v) is 6.84. The summed E-state index contributed by atoms with van der Waals surface area (Å²) in [6.45, 7) is 6.19. The molecule has 3 aliphatic carbocycles. The number of urea groups is 1. The number of anilines is 1. The molecule has 12 heteroatoms. The molecule has 3 fully saturated rings. The lowest BCUT2D eigenvalue weighted by Gasteiger charge is -2.36. The Morgan fingerprint density at radius 3 is 2.33 bits per heavy atom. The van der Waals surface area contributed by atoms with Crippen molar-refractivity contribution >= 4 is 29.4 Å². The van der Waals surface area contributed by atoms with E-state index in [0.717, 1.165) is 36.8 Å². The first-order valence-electron chi connectivity index (χ1n) is 14.9. The zero-order valence-electron chi connectivity index (χ0n) is 24.5. The van der Waals surface area contributed by atoms with Crippen LogP contribution in [0.4, 0.5) is 10.5 Å². The molecule has 1 aliphatic heterocycles. The minimum Gasteiger partial charge on any atom is -0.357 e. The molecule has 0 bridgehead atoms. The van der Waals surface area contributed by atoms with Crippen LogP contribution in [0, 0.1) is 30.6 Å². The molecule has 3 atom stereocenters. The molecule has 2 aromatic rings. The summed E-state index contributed by atoms with van der Waals surface area (Å²) < 4.78 is 4.71. The zero-order chi connectivity index (χ0) is 29.8. The minimum absolute atomic E-state index is 0.0348. The maximum absolute atomic E-state index is 13.8. The first-order chi connectivity index (χ1) is 20.1. The van der Waals surface area contributed by atoms with E-state index in [2.05, 4.69) is 45.4 Å². The molecule has 4 aliphatic rings. The molecule has 1 aromatic heterocycles. The summed E-state index contributed by atoms with van der Waals surface area (Å²) >= 11 is 0. The van der Waals surface area contributed by atoms with Gasteiger partial charge in [-0.3, -0.25) is 14.4 Å². The van der Waals surface area contributed by atoms with Gasteiger partial charge in [0.05, 0.1) is 6.04 Å². The predicted octanol–water partition coefficient (Wildman–Crippen LogP) is 2.18. The number of benzene rings is 1. The number of likely N-dealkylation sites (N-methyl/N-ethyl adjacent to an activating group) is 1. The van der Waals surface area contributed by atoms with Gasteiger partial charge >= 0.3 is 6.03 Å². The number of nitrogens with zero attached hydrogens (tertiary/aromatic N) is 3. The van der Waals surface area contributed by atoms with E-state index in [1.165, 1.54) is 0 Å². The van der Waals surface area contributed by atoms with Gasteiger partial charge in [0, 0.05) is 32.1 Å². The topological polar surface area (TPSA) is 159 Å². The van der Waals surface area contributed by atoms with Crippen molar-refractivity contribution in [3.63, 3.8) is 0 Å². The van der Waals surface area contributed by atoms with Gasteiger partial charge in [0.15, 0.2) is 5.69 Å². The smallest absolute Gasteiger partial charge is 0.318 e. The number of amides is 5. The number of fused-ring (bicyclic) bond motifs is 1. The molecule has 2 heterocycles. The van der Waals surface area contributed by atoms with Crippen LogP contribution in [0.15, 0.2) is 22.8 Å². The fourth-order valence-electron chi connectivity index (χ4n) is 6.84. The molecule has 4 N–H and O–H groups in total. The predicted molar refractivity (Wildman–Crippen MR) is 152 cm³/mol. The second-order valence-electron chi connectivity index (χ2n) is 12.7. The largest absolute Gasteiger partial charge is 0.357 e. The highest BCUT2D eigenvalue weighted by Gasteiger charge is 2.53. The van der Waals surface area contributed by atoms with Crippen molar-refractivity contribution in [1.29, 1.82) is 0 Å². The van der Waals surface area contributed by atoms with E-state index in [-0.39, 0.29) is 41.4 Å². The van der Waals surface area contributed by atoms with E-state index in [0.29, 0.717) is 42.6 Å². The zero-order valence-corrected chi connectivity index (χ0v) is 24.5. The molecular weight excluding hydrogens is 538 g/mol. The summed E-state index contributed by atoms with van der Waals surface area (Å²) in [5.41, 5.74) is 1.85. The van der Waals surface area contributed by atoms with Crippen LogP contribution in [-0.2, 0) is 22.4 Å². The second-order valence-corrected chi connectivity index (χ2v) is 12.7. The highest BCUT2D eigenvalue weighted by Crippen LogP contribution is 2.51. The van der Waals surface area contributed by atoms with Crippen molar-refractivity contribution in [2.24, 2.45) is 23.7 Å². The van der Waals surface area contributed by atoms with Crippen LogP contribution in [0.2, 0.25) is 0 Å². The lowest BCUT2D eigenvalue weighted by Crippen LogP contribution is -2.60. The molecule has 1 saturated heterocycles. The second kappa shape index (κ2) is 10.7. The van der Waals surface area contributed by atoms with Gasteiger partial charge in [-0.15, -0.1) is 0 Å². The van der Waals surface area contributed by atoms with E-state index in [1.54, 1.807) is 18.9 Å². The molecule has 0 spiro atoms. The normalized spacial score (nSPS) is 24.0. The Bertz CT molecular complexity index is 1400. The van der Waals surface area contributed by atoms with E-state index in [1.807, 2.05) is 18.2 Å². The summed E-state index contributed by atoms with van der Waals surface area (Å²) in [4.78, 5) is 55.0. The summed E-state index contributed by atoms with van der Waals surface area (Å²) in [6.07, 6.45) is 4.93. The quantitative estimate of drug-likeness (QED) is 0.337. The van der Waals surface area contributed by atoms with E-state index < -0.39 is 17.5 Å². The van der Waals surface area contributed by atoms with Crippen LogP contribution in [0.25, 0.3) is 0 Å². The number of aryl methyl sites for hydroxylation is 1. The average Bonchev–Trinajstić information content (AvgIpc) is 3.86. The summed E-state index contributed by atoms with van der Waals surface area (Å²) in [5.74, 6) is 0.120. The lowest BCUT2D eigenvalue weighted by atomic mass is 9.88. The van der Waals surface area contributed by atoms with E-state index in [4.69, 9.17) is 4.63 Å². The van der Waals surface area contributed by atoms with Crippen LogP contribution in [0.5, 0.6) is 0 Å². The Kier molecular flexibility index (Phi) is 7.18. The number of nitrogens with one attached hydrogen (secondary N) is 4. The van der Waals surface area contributed by atoms with Gasteiger partial charge in [-0.2, -0.15) is 0 Å². The molecule has 5 amide bonds. The third-order valence-corrected chi connectivity index (χ3v) is 9.50. The van der Waals surface area contributed by atoms with Crippen molar-refractivity contribution in [1.82, 2.24) is 31.2 Å². The maximum atomic E-state index is 13.8. The third-order valence-electron chi connectivity index (χ3n) is 9.50. The SMILES string of the molecule is CNC(=O)C1(N2C[C@@H](C(C)C)NC2=O)Cc2ccc(NC(=O)[C@@H](NC(=O)c3nonc3C)C(C3CC3)C3CC3)cc2C1. The van der Waals surface area contributed by atoms with Crippen molar-refractivity contribution in [2.45, 2.75) is 76.9 Å². The van der Waals surface area contributed by atoms with Gasteiger partial charge in [0.25, 0.3) is 5.91 Å². The minimum atomic E-state index is -1.05. The Morgan fingerprint density at radius 1 is 1.07 bits per heavy atom. The number of aromatic nitrogens is 2. The van der Waals surface area contributed by atoms with Gasteiger partial charge in [-0.05, 0) is 84.7 Å². The van der Waals surface area contributed by atoms with Crippen LogP contribution in [0.1, 0.15) is 66.8 Å². The molecule has 224 valence electrons. The number of rotatable bonds is 10. The Hall–Kier alpha value is -3.96. The Morgan fingerprint density at radius 2 is 1.76 bits per heavy atom. The van der Waals surface area contributed by atoms with E-state index in [9.17, 15) is 19.2 Å². The van der Waals surface area contributed by atoms with Crippen molar-refractivity contribution < 1.29 is 23.8 Å². The van der Waals surface area contributed by atoms with Crippen molar-refractivity contribution in [3.8, 4) is 0 Å². The van der Waals surface area contributed by atoms with Crippen LogP contribution in [0.3, 0.4) is 0 Å². The standard InChI is InChI=1S/C30H39N7O5/c1-15(2)22-14-37(29(41)33-22)30(28(40)31-4)12-19-9-10-21(11-20(19)13-30)32-27(39)25(23(17-5-6-17)18-7-8-18)34-26(38)24-16(3)35-42-36-24/h9-11,15,17-18,22-23,25H,5-8,12-14H2,1-4H3,(H,31,40)(H,32,39)(H,33,41)(H,34,38)/t22-,25-,30?/m0/s1. The molecule has 1 aromatic carbocycles. The third kappa shape index (κ3) is 5.11. The van der Waals surface area contributed by atoms with Crippen LogP contribution in [-0.4, -0.2) is 70.2 Å². The first kappa shape index (κ1) is 28.2. The fraction of sp³-hybridized carbons (Fsp3) is 0.600. The summed E-state index contributed by atoms with van der Waals surface area (Å²) in [6, 6.07) is 4.63. The Balaban J connectivity index is 1.23. The molecule has 6 rings (SSSR count). The first-order valence-corrected chi connectivity index (χ1v) is 14.9. The molecule has 0 radical (unpaired) electrons. The van der Waals surface area contributed by atoms with Crippen LogP contribution < -0.4 is 21.3 Å². The Labute approximate surface area is 244 Å². The summed E-state index contributed by atoms with van der Waals surface area (Å²) in [5, 5.41) is 19.2. The average molecular weight is 578 g/mol. The monoisotopic (exact) mass is 577 g/mol. The highest BCUT2D eigenvalue weighted by molar-refractivity contribution is 6.01. The van der Waals surface area contributed by atoms with Gasteiger partial charge in [-0.1, -0.05) is 25.1 Å². The maximum Gasteiger partial charge on any atom is 0.318 e. The van der Waals surface area contributed by atoms with Crippen molar-refractivity contribution in [3.05, 3.63) is 40.7 Å². The number of hydrogen-bond acceptors (Lipinski definition) is 7. The number of carbonyl (C=O) groups excluding carboxylic acids is 4. The molecule has 2 saturated carbocycles. The van der Waals surface area contributed by atoms with Crippen molar-refractivity contribution in [2.75, 3.05) is 18.9 Å². The van der Waals surface area contributed by atoms with Gasteiger partial charge in [0.1, 0.15) is 17.3 Å². The summed E-state index contributed by atoms with van der Waals surface area (Å²) in [7, 11) is 1.59. The number of hydrogen-bond donors (Lipinski definition) is 4. The lowest BCUT2D eigenvalue weighted by molar-refractivity contribution is -0.130. The molecule has 42 heavy (non-hydrogen) atoms. The van der Waals surface area contributed by atoms with Gasteiger partial charge in [-0.25, -0.2) is 9.42 Å². The van der Waals surface area contributed by atoms with Gasteiger partial charge < -0.3 is 26.2 Å².